The van der Waals surface area contributed by atoms with Crippen molar-refractivity contribution < 1.29 is 5.11 Å². The molecule has 14 heavy (non-hydrogen) atoms. The highest BCUT2D eigenvalue weighted by molar-refractivity contribution is 5.45. The van der Waals surface area contributed by atoms with Crippen LogP contribution in [-0.4, -0.2) is 11.7 Å². The monoisotopic (exact) mass is 185 g/mol. The van der Waals surface area contributed by atoms with Crippen molar-refractivity contribution in [1.29, 1.82) is 5.26 Å². The molecule has 1 N–H and O–H groups in total. The first-order valence-corrected chi connectivity index (χ1v) is 4.38. The lowest BCUT2D eigenvalue weighted by atomic mass is 10.1. The van der Waals surface area contributed by atoms with Crippen LogP contribution in [0.5, 0.6) is 0 Å². The lowest BCUT2D eigenvalue weighted by molar-refractivity contribution is 0.305. The van der Waals surface area contributed by atoms with E-state index >= 15 is 0 Å². The van der Waals surface area contributed by atoms with Crippen LogP contribution in [0.4, 0.5) is 0 Å². The quantitative estimate of drug-likeness (QED) is 0.675. The second-order valence-corrected chi connectivity index (χ2v) is 2.92. The normalized spacial score (nSPS) is 8.64. The fraction of sp³-hybridized carbons (Fsp3) is 0.250. The summed E-state index contributed by atoms with van der Waals surface area (Å²) in [5.41, 5.74) is 2.56. The van der Waals surface area contributed by atoms with Gasteiger partial charge < -0.3 is 5.11 Å². The third kappa shape index (κ3) is 2.62. The van der Waals surface area contributed by atoms with Gasteiger partial charge in [-0.05, 0) is 30.7 Å². The number of benzene rings is 1. The Balaban J connectivity index is 2.92. The minimum atomic E-state index is 0.0856. The van der Waals surface area contributed by atoms with E-state index in [1.54, 1.807) is 6.07 Å². The number of hydrogen-bond acceptors (Lipinski definition) is 2. The van der Waals surface area contributed by atoms with E-state index in [1.165, 1.54) is 0 Å². The number of aryl methyl sites for hydroxylation is 1. The standard InChI is InChI=1S/C12H11NO/c1-10-8-11(9-13)5-6-12(10)4-2-3-7-14/h5-6,8,14H,3,7H2,1H3. The predicted molar refractivity (Wildman–Crippen MR) is 54.5 cm³/mol. The van der Waals surface area contributed by atoms with Gasteiger partial charge in [0, 0.05) is 12.0 Å². The Morgan fingerprint density at radius 2 is 2.21 bits per heavy atom. The minimum absolute atomic E-state index is 0.0856. The van der Waals surface area contributed by atoms with Gasteiger partial charge in [0.05, 0.1) is 18.2 Å². The highest BCUT2D eigenvalue weighted by Crippen LogP contribution is 2.08. The largest absolute Gasteiger partial charge is 0.395 e. The molecule has 0 aliphatic carbocycles. The average Bonchev–Trinajstić information content (AvgIpc) is 2.20. The minimum Gasteiger partial charge on any atom is -0.395 e. The first kappa shape index (κ1) is 10.3. The molecule has 2 nitrogen and oxygen atoms in total. The van der Waals surface area contributed by atoms with E-state index in [2.05, 4.69) is 17.9 Å². The van der Waals surface area contributed by atoms with Gasteiger partial charge in [-0.2, -0.15) is 5.26 Å². The van der Waals surface area contributed by atoms with Crippen molar-refractivity contribution in [2.75, 3.05) is 6.61 Å². The summed E-state index contributed by atoms with van der Waals surface area (Å²) in [6.07, 6.45) is 0.486. The highest BCUT2D eigenvalue weighted by atomic mass is 16.2. The fourth-order valence-corrected chi connectivity index (χ4v) is 1.09. The van der Waals surface area contributed by atoms with Crippen molar-refractivity contribution in [3.8, 4) is 17.9 Å². The van der Waals surface area contributed by atoms with E-state index in [0.29, 0.717) is 12.0 Å². The number of rotatable bonds is 1. The molecule has 0 saturated carbocycles. The van der Waals surface area contributed by atoms with Crippen molar-refractivity contribution in [1.82, 2.24) is 0 Å². The molecule has 0 aromatic heterocycles. The Bertz CT molecular complexity index is 418. The fourth-order valence-electron chi connectivity index (χ4n) is 1.09. The molecule has 0 fully saturated rings. The van der Waals surface area contributed by atoms with Gasteiger partial charge in [0.2, 0.25) is 0 Å². The van der Waals surface area contributed by atoms with Crippen molar-refractivity contribution in [3.63, 3.8) is 0 Å². The Kier molecular flexibility index (Phi) is 3.73. The molecule has 0 spiro atoms. The lowest BCUT2D eigenvalue weighted by Gasteiger charge is -1.97. The van der Waals surface area contributed by atoms with Gasteiger partial charge in [0.1, 0.15) is 0 Å². The third-order valence-electron chi connectivity index (χ3n) is 1.82. The molecule has 1 aromatic carbocycles. The van der Waals surface area contributed by atoms with Crippen molar-refractivity contribution >= 4 is 0 Å². The molecule has 0 radical (unpaired) electrons. The number of aliphatic hydroxyl groups excluding tert-OH is 1. The summed E-state index contributed by atoms with van der Waals surface area (Å²) in [4.78, 5) is 0. The van der Waals surface area contributed by atoms with Crippen LogP contribution in [0, 0.1) is 30.1 Å². The second-order valence-electron chi connectivity index (χ2n) is 2.92. The molecule has 0 unspecified atom stereocenters. The van der Waals surface area contributed by atoms with Gasteiger partial charge in [-0.3, -0.25) is 0 Å². The van der Waals surface area contributed by atoms with Crippen LogP contribution in [-0.2, 0) is 0 Å². The number of nitriles is 1. The Morgan fingerprint density at radius 1 is 1.43 bits per heavy atom. The van der Waals surface area contributed by atoms with E-state index in [4.69, 9.17) is 10.4 Å². The summed E-state index contributed by atoms with van der Waals surface area (Å²) in [6, 6.07) is 7.46. The summed E-state index contributed by atoms with van der Waals surface area (Å²) in [5.74, 6) is 5.79. The van der Waals surface area contributed by atoms with Gasteiger partial charge in [-0.15, -0.1) is 0 Å². The van der Waals surface area contributed by atoms with E-state index < -0.39 is 0 Å². The summed E-state index contributed by atoms with van der Waals surface area (Å²) >= 11 is 0. The van der Waals surface area contributed by atoms with Crippen LogP contribution < -0.4 is 0 Å². The molecule has 0 aliphatic rings. The Labute approximate surface area is 83.8 Å². The van der Waals surface area contributed by atoms with E-state index in [0.717, 1.165) is 11.1 Å². The topological polar surface area (TPSA) is 44.0 Å². The first-order valence-electron chi connectivity index (χ1n) is 4.38. The molecular formula is C12H11NO. The zero-order chi connectivity index (χ0) is 10.4. The number of aliphatic hydroxyl groups is 1. The van der Waals surface area contributed by atoms with Gasteiger partial charge in [0.25, 0.3) is 0 Å². The average molecular weight is 185 g/mol. The van der Waals surface area contributed by atoms with E-state index in [1.807, 2.05) is 19.1 Å². The number of nitrogens with zero attached hydrogens (tertiary/aromatic N) is 1. The molecule has 0 atom stereocenters. The highest BCUT2D eigenvalue weighted by Gasteiger charge is 1.95. The SMILES string of the molecule is Cc1cc(C#N)ccc1C#CCCO. The number of hydrogen-bond donors (Lipinski definition) is 1. The Morgan fingerprint density at radius 3 is 2.79 bits per heavy atom. The molecule has 1 rings (SSSR count). The van der Waals surface area contributed by atoms with Crippen molar-refractivity contribution in [2.45, 2.75) is 13.3 Å². The Hall–Kier alpha value is -1.77. The molecule has 0 heterocycles. The molecule has 0 aliphatic heterocycles. The van der Waals surface area contributed by atoms with Crippen LogP contribution in [0.15, 0.2) is 18.2 Å². The maximum absolute atomic E-state index is 8.65. The van der Waals surface area contributed by atoms with Crippen LogP contribution in [0.25, 0.3) is 0 Å². The van der Waals surface area contributed by atoms with Crippen LogP contribution >= 0.6 is 0 Å². The first-order chi connectivity index (χ1) is 6.77. The molecular weight excluding hydrogens is 174 g/mol. The van der Waals surface area contributed by atoms with Crippen LogP contribution in [0.1, 0.15) is 23.1 Å². The van der Waals surface area contributed by atoms with Crippen molar-refractivity contribution in [3.05, 3.63) is 34.9 Å². The third-order valence-corrected chi connectivity index (χ3v) is 1.82. The van der Waals surface area contributed by atoms with Crippen LogP contribution in [0.2, 0.25) is 0 Å². The van der Waals surface area contributed by atoms with Crippen LogP contribution in [0.3, 0.4) is 0 Å². The van der Waals surface area contributed by atoms with Crippen molar-refractivity contribution in [2.24, 2.45) is 0 Å². The zero-order valence-corrected chi connectivity index (χ0v) is 8.04. The smallest absolute Gasteiger partial charge is 0.0991 e. The molecule has 2 heteroatoms. The maximum Gasteiger partial charge on any atom is 0.0991 e. The van der Waals surface area contributed by atoms with Gasteiger partial charge >= 0.3 is 0 Å². The van der Waals surface area contributed by atoms with Gasteiger partial charge in [0.15, 0.2) is 0 Å². The summed E-state index contributed by atoms with van der Waals surface area (Å²) in [7, 11) is 0. The van der Waals surface area contributed by atoms with E-state index in [-0.39, 0.29) is 6.61 Å². The zero-order valence-electron chi connectivity index (χ0n) is 8.04. The molecule has 70 valence electrons. The molecule has 1 aromatic rings. The maximum atomic E-state index is 8.65. The molecule has 0 bridgehead atoms. The lowest BCUT2D eigenvalue weighted by Crippen LogP contribution is -1.84. The van der Waals surface area contributed by atoms with Gasteiger partial charge in [-0.25, -0.2) is 0 Å². The van der Waals surface area contributed by atoms with Gasteiger partial charge in [-0.1, -0.05) is 11.8 Å². The summed E-state index contributed by atoms with van der Waals surface area (Å²) in [6.45, 7) is 2.01. The van der Waals surface area contributed by atoms with E-state index in [9.17, 15) is 0 Å². The molecule has 0 saturated heterocycles. The second kappa shape index (κ2) is 5.07. The summed E-state index contributed by atoms with van der Waals surface area (Å²) < 4.78 is 0. The summed E-state index contributed by atoms with van der Waals surface area (Å²) in [5, 5.41) is 17.2. The molecule has 0 amide bonds. The predicted octanol–water partition coefficient (Wildman–Crippen LogP) is 1.60.